The predicted molar refractivity (Wildman–Crippen MR) is 51.8 cm³/mol. The van der Waals surface area contributed by atoms with Gasteiger partial charge in [0.25, 0.3) is 5.56 Å². The second-order valence-corrected chi connectivity index (χ2v) is 3.05. The van der Waals surface area contributed by atoms with E-state index in [1.807, 2.05) is 0 Å². The Labute approximate surface area is 78.4 Å². The molecule has 2 rings (SSSR count). The van der Waals surface area contributed by atoms with Crippen LogP contribution in [0.5, 0.6) is 0 Å². The van der Waals surface area contributed by atoms with Crippen LogP contribution in [-0.2, 0) is 0 Å². The molecule has 0 saturated heterocycles. The average Bonchev–Trinajstić information content (AvgIpc) is 2.02. The fourth-order valence-electron chi connectivity index (χ4n) is 1.13. The minimum Gasteiger partial charge on any atom is -0.369 e. The second-order valence-electron chi connectivity index (χ2n) is 2.61. The number of benzene rings is 1. The summed E-state index contributed by atoms with van der Waals surface area (Å²) in [6.45, 7) is 0. The molecule has 0 unspecified atom stereocenters. The van der Waals surface area contributed by atoms with Crippen molar-refractivity contribution in [1.82, 2.24) is 9.97 Å². The van der Waals surface area contributed by atoms with Crippen LogP contribution in [0.4, 0.5) is 5.95 Å². The highest BCUT2D eigenvalue weighted by Gasteiger charge is 2.01. The van der Waals surface area contributed by atoms with Crippen LogP contribution < -0.4 is 11.3 Å². The van der Waals surface area contributed by atoms with Gasteiger partial charge in [0, 0.05) is 5.02 Å². The molecular formula is C8H6ClN3O. The third kappa shape index (κ3) is 1.36. The Hall–Kier alpha value is -1.55. The first-order valence-electron chi connectivity index (χ1n) is 3.62. The van der Waals surface area contributed by atoms with E-state index in [1.165, 1.54) is 0 Å². The van der Waals surface area contributed by atoms with Crippen molar-refractivity contribution in [3.05, 3.63) is 33.6 Å². The maximum absolute atomic E-state index is 11.3. The molecule has 0 saturated carbocycles. The normalized spacial score (nSPS) is 10.5. The lowest BCUT2D eigenvalue weighted by atomic mass is 10.2. The first-order valence-corrected chi connectivity index (χ1v) is 3.99. The minimum atomic E-state index is -0.251. The van der Waals surface area contributed by atoms with E-state index in [4.69, 9.17) is 17.3 Å². The fourth-order valence-corrected chi connectivity index (χ4v) is 1.30. The van der Waals surface area contributed by atoms with Crippen molar-refractivity contribution in [3.63, 3.8) is 0 Å². The van der Waals surface area contributed by atoms with Gasteiger partial charge < -0.3 is 5.73 Å². The van der Waals surface area contributed by atoms with Crippen molar-refractivity contribution in [3.8, 4) is 0 Å². The highest BCUT2D eigenvalue weighted by molar-refractivity contribution is 6.31. The van der Waals surface area contributed by atoms with E-state index in [1.54, 1.807) is 18.2 Å². The standard InChI is InChI=1S/C8H6ClN3O/c9-4-1-2-5-6(3-4)11-8(10)12-7(5)13/h1-3H,(H3,10,11,12,13). The van der Waals surface area contributed by atoms with Crippen molar-refractivity contribution < 1.29 is 0 Å². The van der Waals surface area contributed by atoms with E-state index >= 15 is 0 Å². The Morgan fingerprint density at radius 1 is 1.46 bits per heavy atom. The maximum atomic E-state index is 11.3. The highest BCUT2D eigenvalue weighted by Crippen LogP contribution is 2.14. The molecule has 13 heavy (non-hydrogen) atoms. The molecule has 0 spiro atoms. The van der Waals surface area contributed by atoms with Gasteiger partial charge in [0.15, 0.2) is 0 Å². The van der Waals surface area contributed by atoms with Gasteiger partial charge in [-0.15, -0.1) is 0 Å². The molecule has 3 N–H and O–H groups in total. The molecule has 0 aliphatic carbocycles. The van der Waals surface area contributed by atoms with Gasteiger partial charge in [-0.1, -0.05) is 11.6 Å². The predicted octanol–water partition coefficient (Wildman–Crippen LogP) is 1.16. The molecule has 4 nitrogen and oxygen atoms in total. The van der Waals surface area contributed by atoms with E-state index in [0.717, 1.165) is 0 Å². The Kier molecular flexibility index (Phi) is 1.70. The zero-order chi connectivity index (χ0) is 9.42. The zero-order valence-electron chi connectivity index (χ0n) is 6.54. The molecule has 5 heteroatoms. The maximum Gasteiger partial charge on any atom is 0.260 e. The van der Waals surface area contributed by atoms with Crippen LogP contribution in [0.2, 0.25) is 5.02 Å². The molecule has 0 aliphatic rings. The lowest BCUT2D eigenvalue weighted by Gasteiger charge is -1.97. The number of fused-ring (bicyclic) bond motifs is 1. The lowest BCUT2D eigenvalue weighted by molar-refractivity contribution is 1.19. The molecule has 66 valence electrons. The molecular weight excluding hydrogens is 190 g/mol. The first-order chi connectivity index (χ1) is 6.16. The van der Waals surface area contributed by atoms with E-state index in [9.17, 15) is 4.79 Å². The molecule has 0 atom stereocenters. The number of hydrogen-bond donors (Lipinski definition) is 2. The Bertz CT molecular complexity index is 515. The van der Waals surface area contributed by atoms with Gasteiger partial charge in [0.05, 0.1) is 10.9 Å². The molecule has 1 heterocycles. The highest BCUT2D eigenvalue weighted by atomic mass is 35.5. The number of aromatic amines is 1. The van der Waals surface area contributed by atoms with E-state index in [0.29, 0.717) is 15.9 Å². The third-order valence-corrected chi connectivity index (χ3v) is 1.92. The number of nitrogens with one attached hydrogen (secondary N) is 1. The Morgan fingerprint density at radius 2 is 2.23 bits per heavy atom. The summed E-state index contributed by atoms with van der Waals surface area (Å²) >= 11 is 5.73. The smallest absolute Gasteiger partial charge is 0.260 e. The minimum absolute atomic E-state index is 0.0970. The first kappa shape index (κ1) is 8.07. The fraction of sp³-hybridized carbons (Fsp3) is 0. The third-order valence-electron chi connectivity index (χ3n) is 1.69. The lowest BCUT2D eigenvalue weighted by Crippen LogP contribution is -2.10. The van der Waals surface area contributed by atoms with Crippen molar-refractivity contribution >= 4 is 28.5 Å². The number of hydrogen-bond acceptors (Lipinski definition) is 3. The molecule has 0 bridgehead atoms. The number of anilines is 1. The van der Waals surface area contributed by atoms with Crippen LogP contribution in [0.3, 0.4) is 0 Å². The number of nitrogens with zero attached hydrogens (tertiary/aromatic N) is 1. The summed E-state index contributed by atoms with van der Waals surface area (Å²) in [6, 6.07) is 4.85. The summed E-state index contributed by atoms with van der Waals surface area (Å²) in [6.07, 6.45) is 0. The van der Waals surface area contributed by atoms with Gasteiger partial charge >= 0.3 is 0 Å². The molecule has 0 fully saturated rings. The molecule has 2 aromatic rings. The molecule has 1 aromatic heterocycles. The SMILES string of the molecule is Nc1nc2cc(Cl)ccc2c(=O)[nH]1. The molecule has 0 amide bonds. The number of halogens is 1. The molecule has 1 aromatic carbocycles. The average molecular weight is 196 g/mol. The van der Waals surface area contributed by atoms with Crippen molar-refractivity contribution in [2.45, 2.75) is 0 Å². The second kappa shape index (κ2) is 2.74. The number of rotatable bonds is 0. The van der Waals surface area contributed by atoms with Gasteiger partial charge in [0.2, 0.25) is 5.95 Å². The number of aromatic nitrogens is 2. The van der Waals surface area contributed by atoms with E-state index < -0.39 is 0 Å². The summed E-state index contributed by atoms with van der Waals surface area (Å²) in [7, 11) is 0. The van der Waals surface area contributed by atoms with Crippen LogP contribution in [0, 0.1) is 0 Å². The van der Waals surface area contributed by atoms with Crippen LogP contribution in [0.15, 0.2) is 23.0 Å². The molecule has 0 aliphatic heterocycles. The summed E-state index contributed by atoms with van der Waals surface area (Å²) in [4.78, 5) is 17.6. The zero-order valence-corrected chi connectivity index (χ0v) is 7.30. The van der Waals surface area contributed by atoms with Crippen LogP contribution in [0.1, 0.15) is 0 Å². The summed E-state index contributed by atoms with van der Waals surface area (Å²) in [5.74, 6) is 0.0970. The van der Waals surface area contributed by atoms with Gasteiger partial charge in [-0.25, -0.2) is 4.98 Å². The summed E-state index contributed by atoms with van der Waals surface area (Å²) in [5, 5.41) is 1.02. The largest absolute Gasteiger partial charge is 0.369 e. The topological polar surface area (TPSA) is 71.8 Å². The quantitative estimate of drug-likeness (QED) is 0.663. The summed E-state index contributed by atoms with van der Waals surface area (Å²) < 4.78 is 0. The van der Waals surface area contributed by atoms with Gasteiger partial charge in [-0.3, -0.25) is 9.78 Å². The number of nitrogens with two attached hydrogens (primary N) is 1. The van der Waals surface area contributed by atoms with Crippen molar-refractivity contribution in [1.29, 1.82) is 0 Å². The van der Waals surface area contributed by atoms with Crippen molar-refractivity contribution in [2.75, 3.05) is 5.73 Å². The molecule has 0 radical (unpaired) electrons. The van der Waals surface area contributed by atoms with Gasteiger partial charge in [0.1, 0.15) is 0 Å². The van der Waals surface area contributed by atoms with Gasteiger partial charge in [-0.2, -0.15) is 0 Å². The van der Waals surface area contributed by atoms with E-state index in [2.05, 4.69) is 9.97 Å². The number of H-pyrrole nitrogens is 1. The van der Waals surface area contributed by atoms with Crippen LogP contribution in [-0.4, -0.2) is 9.97 Å². The van der Waals surface area contributed by atoms with Crippen LogP contribution >= 0.6 is 11.6 Å². The Morgan fingerprint density at radius 3 is 3.00 bits per heavy atom. The van der Waals surface area contributed by atoms with Crippen molar-refractivity contribution in [2.24, 2.45) is 0 Å². The monoisotopic (exact) mass is 195 g/mol. The number of nitrogen functional groups attached to an aromatic ring is 1. The summed E-state index contributed by atoms with van der Waals surface area (Å²) in [5.41, 5.74) is 5.62. The van der Waals surface area contributed by atoms with Gasteiger partial charge in [-0.05, 0) is 18.2 Å². The Balaban J connectivity index is 2.95. The van der Waals surface area contributed by atoms with Crippen LogP contribution in [0.25, 0.3) is 10.9 Å². The van der Waals surface area contributed by atoms with E-state index in [-0.39, 0.29) is 11.5 Å².